The van der Waals surface area contributed by atoms with Crippen molar-refractivity contribution >= 4 is 11.6 Å². The summed E-state index contributed by atoms with van der Waals surface area (Å²) < 4.78 is 13.1. The topological polar surface area (TPSA) is 46.2 Å². The molecule has 0 aromatic heterocycles. The molecule has 0 saturated heterocycles. The Morgan fingerprint density at radius 2 is 2.27 bits per heavy atom. The normalized spacial score (nSPS) is 29.2. The molecule has 0 amide bonds. The van der Waals surface area contributed by atoms with Crippen molar-refractivity contribution in [2.75, 3.05) is 13.2 Å². The Balaban J connectivity index is 2.26. The van der Waals surface area contributed by atoms with Crippen LogP contribution in [0.4, 0.5) is 4.39 Å². The van der Waals surface area contributed by atoms with Crippen LogP contribution in [-0.2, 0) is 0 Å². The van der Waals surface area contributed by atoms with Gasteiger partial charge in [0.15, 0.2) is 0 Å². The second-order valence-corrected chi connectivity index (χ2v) is 4.62. The van der Waals surface area contributed by atoms with Gasteiger partial charge in [0, 0.05) is 17.0 Å². The second-order valence-electron chi connectivity index (χ2n) is 4.18. The first-order valence-corrected chi connectivity index (χ1v) is 5.26. The molecule has 1 aliphatic carbocycles. The Labute approximate surface area is 92.9 Å². The highest BCUT2D eigenvalue weighted by atomic mass is 35.5. The van der Waals surface area contributed by atoms with Crippen molar-refractivity contribution in [1.82, 2.24) is 0 Å². The molecule has 0 radical (unpaired) electrons. The van der Waals surface area contributed by atoms with Gasteiger partial charge >= 0.3 is 0 Å². The van der Waals surface area contributed by atoms with E-state index in [1.165, 1.54) is 12.1 Å². The molecular weight excluding hydrogens is 217 g/mol. The van der Waals surface area contributed by atoms with E-state index < -0.39 is 0 Å². The zero-order valence-corrected chi connectivity index (χ0v) is 8.97. The first-order valence-electron chi connectivity index (χ1n) is 4.88. The molecule has 1 aromatic rings. The third kappa shape index (κ3) is 1.87. The predicted molar refractivity (Wildman–Crippen MR) is 57.3 cm³/mol. The van der Waals surface area contributed by atoms with E-state index in [1.54, 1.807) is 6.07 Å². The zero-order valence-electron chi connectivity index (χ0n) is 8.21. The molecule has 0 aliphatic heterocycles. The van der Waals surface area contributed by atoms with Crippen molar-refractivity contribution in [1.29, 1.82) is 0 Å². The summed E-state index contributed by atoms with van der Waals surface area (Å²) >= 11 is 5.77. The van der Waals surface area contributed by atoms with Gasteiger partial charge in [-0.3, -0.25) is 0 Å². The highest BCUT2D eigenvalue weighted by Gasteiger charge is 2.53. The predicted octanol–water partition coefficient (Wildman–Crippen LogP) is 1.90. The highest BCUT2D eigenvalue weighted by Crippen LogP contribution is 2.58. The van der Waals surface area contributed by atoms with Crippen LogP contribution in [0, 0.1) is 11.2 Å². The van der Waals surface area contributed by atoms with Gasteiger partial charge in [0.05, 0.1) is 6.61 Å². The third-order valence-corrected chi connectivity index (χ3v) is 3.42. The van der Waals surface area contributed by atoms with E-state index in [-0.39, 0.29) is 23.8 Å². The third-order valence-electron chi connectivity index (χ3n) is 3.20. The van der Waals surface area contributed by atoms with Gasteiger partial charge in [-0.1, -0.05) is 11.6 Å². The first kappa shape index (κ1) is 10.9. The summed E-state index contributed by atoms with van der Waals surface area (Å²) in [6, 6.07) is 4.47. The molecule has 1 fully saturated rings. The number of aliphatic hydroxyl groups is 1. The lowest BCUT2D eigenvalue weighted by atomic mass is 10.00. The lowest BCUT2D eigenvalue weighted by Gasteiger charge is -2.11. The summed E-state index contributed by atoms with van der Waals surface area (Å²) in [5.74, 6) is -0.200. The number of rotatable bonds is 3. The van der Waals surface area contributed by atoms with E-state index in [1.807, 2.05) is 0 Å². The Morgan fingerprint density at radius 1 is 1.53 bits per heavy atom. The molecule has 15 heavy (non-hydrogen) atoms. The average Bonchev–Trinajstić information content (AvgIpc) is 2.91. The molecule has 2 unspecified atom stereocenters. The molecule has 3 N–H and O–H groups in total. The van der Waals surface area contributed by atoms with Gasteiger partial charge in [-0.05, 0) is 36.1 Å². The molecule has 2 rings (SSSR count). The highest BCUT2D eigenvalue weighted by molar-refractivity contribution is 6.30. The molecule has 0 spiro atoms. The quantitative estimate of drug-likeness (QED) is 0.832. The van der Waals surface area contributed by atoms with Crippen molar-refractivity contribution in [3.05, 3.63) is 34.6 Å². The van der Waals surface area contributed by atoms with E-state index in [0.717, 1.165) is 12.0 Å². The lowest BCUT2D eigenvalue weighted by molar-refractivity contribution is 0.211. The summed E-state index contributed by atoms with van der Waals surface area (Å²) in [5, 5.41) is 9.61. The van der Waals surface area contributed by atoms with Crippen LogP contribution in [0.3, 0.4) is 0 Å². The molecule has 1 aliphatic rings. The Kier molecular flexibility index (Phi) is 2.71. The van der Waals surface area contributed by atoms with Crippen LogP contribution in [0.5, 0.6) is 0 Å². The van der Waals surface area contributed by atoms with E-state index in [9.17, 15) is 9.50 Å². The SMILES string of the molecule is NCC1(CO)CC1c1cc(F)cc(Cl)c1. The maximum Gasteiger partial charge on any atom is 0.124 e. The van der Waals surface area contributed by atoms with E-state index in [4.69, 9.17) is 17.3 Å². The number of hydrogen-bond donors (Lipinski definition) is 2. The largest absolute Gasteiger partial charge is 0.396 e. The summed E-state index contributed by atoms with van der Waals surface area (Å²) in [6.07, 6.45) is 0.805. The van der Waals surface area contributed by atoms with Crippen LogP contribution in [0.2, 0.25) is 5.02 Å². The summed E-state index contributed by atoms with van der Waals surface area (Å²) in [6.45, 7) is 0.463. The van der Waals surface area contributed by atoms with Crippen LogP contribution in [0.1, 0.15) is 17.9 Å². The number of benzene rings is 1. The molecule has 1 aromatic carbocycles. The van der Waals surface area contributed by atoms with Gasteiger partial charge < -0.3 is 10.8 Å². The minimum Gasteiger partial charge on any atom is -0.396 e. The van der Waals surface area contributed by atoms with Gasteiger partial charge in [-0.15, -0.1) is 0 Å². The molecule has 1 saturated carbocycles. The van der Waals surface area contributed by atoms with Crippen molar-refractivity contribution in [3.63, 3.8) is 0 Å². The molecule has 0 heterocycles. The smallest absolute Gasteiger partial charge is 0.124 e. The van der Waals surface area contributed by atoms with Crippen molar-refractivity contribution < 1.29 is 9.50 Å². The molecule has 82 valence electrons. The molecule has 4 heteroatoms. The fourth-order valence-electron chi connectivity index (χ4n) is 2.06. The fraction of sp³-hybridized carbons (Fsp3) is 0.455. The molecular formula is C11H13ClFNO. The Hall–Kier alpha value is -0.640. The standard InChI is InChI=1S/C11H13ClFNO/c12-8-1-7(2-9(13)3-8)10-4-11(10,5-14)6-15/h1-3,10,15H,4-6,14H2. The number of halogens is 2. The van der Waals surface area contributed by atoms with Crippen LogP contribution in [0.15, 0.2) is 18.2 Å². The fourth-order valence-corrected chi connectivity index (χ4v) is 2.29. The van der Waals surface area contributed by atoms with Crippen molar-refractivity contribution in [2.45, 2.75) is 12.3 Å². The second kappa shape index (κ2) is 3.74. The monoisotopic (exact) mass is 229 g/mol. The molecule has 2 atom stereocenters. The number of hydrogen-bond acceptors (Lipinski definition) is 2. The first-order chi connectivity index (χ1) is 7.11. The van der Waals surface area contributed by atoms with E-state index in [2.05, 4.69) is 0 Å². The van der Waals surface area contributed by atoms with Crippen LogP contribution in [0.25, 0.3) is 0 Å². The van der Waals surface area contributed by atoms with Gasteiger partial charge in [0.1, 0.15) is 5.82 Å². The average molecular weight is 230 g/mol. The minimum atomic E-state index is -0.340. The maximum atomic E-state index is 13.1. The van der Waals surface area contributed by atoms with Gasteiger partial charge in [-0.2, -0.15) is 0 Å². The van der Waals surface area contributed by atoms with Gasteiger partial charge in [0.2, 0.25) is 0 Å². The van der Waals surface area contributed by atoms with Crippen molar-refractivity contribution in [2.24, 2.45) is 11.1 Å². The van der Waals surface area contributed by atoms with Crippen LogP contribution in [-0.4, -0.2) is 18.3 Å². The van der Waals surface area contributed by atoms with Gasteiger partial charge in [0.25, 0.3) is 0 Å². The number of aliphatic hydroxyl groups excluding tert-OH is 1. The maximum absolute atomic E-state index is 13.1. The summed E-state index contributed by atoms with van der Waals surface area (Å²) in [7, 11) is 0. The van der Waals surface area contributed by atoms with Crippen molar-refractivity contribution in [3.8, 4) is 0 Å². The van der Waals surface area contributed by atoms with Gasteiger partial charge in [-0.25, -0.2) is 4.39 Å². The molecule has 2 nitrogen and oxygen atoms in total. The number of nitrogens with two attached hydrogens (primary N) is 1. The lowest BCUT2D eigenvalue weighted by Crippen LogP contribution is -2.21. The van der Waals surface area contributed by atoms with Crippen LogP contribution < -0.4 is 5.73 Å². The zero-order chi connectivity index (χ0) is 11.1. The Morgan fingerprint density at radius 3 is 2.73 bits per heavy atom. The molecule has 0 bridgehead atoms. The Bertz CT molecular complexity index is 359. The minimum absolute atomic E-state index is 0.0439. The summed E-state index contributed by atoms with van der Waals surface area (Å²) in [4.78, 5) is 0. The van der Waals surface area contributed by atoms with E-state index in [0.29, 0.717) is 11.6 Å². The van der Waals surface area contributed by atoms with Crippen LogP contribution >= 0.6 is 11.6 Å². The van der Waals surface area contributed by atoms with E-state index >= 15 is 0 Å². The summed E-state index contributed by atoms with van der Waals surface area (Å²) in [5.41, 5.74) is 6.18.